The summed E-state index contributed by atoms with van der Waals surface area (Å²) < 4.78 is 16.5. The summed E-state index contributed by atoms with van der Waals surface area (Å²) in [5, 5.41) is 6.71. The summed E-state index contributed by atoms with van der Waals surface area (Å²) in [6, 6.07) is 5.65. The molecule has 2 saturated carbocycles. The Morgan fingerprint density at radius 3 is 2.32 bits per heavy atom. The Bertz CT molecular complexity index is 1120. The van der Waals surface area contributed by atoms with Crippen LogP contribution in [0.1, 0.15) is 88.9 Å². The summed E-state index contributed by atoms with van der Waals surface area (Å²) in [6.45, 7) is 9.62. The van der Waals surface area contributed by atoms with Crippen LogP contribution < -0.4 is 20.1 Å². The van der Waals surface area contributed by atoms with Gasteiger partial charge in [0.05, 0.1) is 13.7 Å². The first kappa shape index (κ1) is 34.0. The lowest BCUT2D eigenvalue weighted by molar-refractivity contribution is -0.135. The van der Waals surface area contributed by atoms with Gasteiger partial charge >= 0.3 is 0 Å². The first-order valence-electron chi connectivity index (χ1n) is 16.6. The summed E-state index contributed by atoms with van der Waals surface area (Å²) in [6.07, 6.45) is 8.14. The number of nitrogens with one attached hydrogen (secondary N) is 2. The van der Waals surface area contributed by atoms with E-state index in [0.717, 1.165) is 64.5 Å². The van der Waals surface area contributed by atoms with E-state index in [-0.39, 0.29) is 41.6 Å². The van der Waals surface area contributed by atoms with E-state index in [9.17, 15) is 14.4 Å². The molecule has 2 aliphatic carbocycles. The van der Waals surface area contributed by atoms with Crippen LogP contribution in [0.4, 0.5) is 0 Å². The Labute approximate surface area is 263 Å². The van der Waals surface area contributed by atoms with Gasteiger partial charge < -0.3 is 34.6 Å². The van der Waals surface area contributed by atoms with Crippen molar-refractivity contribution in [2.45, 2.75) is 96.2 Å². The second-order valence-corrected chi connectivity index (χ2v) is 13.3. The summed E-state index contributed by atoms with van der Waals surface area (Å²) >= 11 is 0. The maximum atomic E-state index is 13.9. The Morgan fingerprint density at radius 2 is 1.70 bits per heavy atom. The Balaban J connectivity index is 1.44. The average molecular weight is 615 g/mol. The summed E-state index contributed by atoms with van der Waals surface area (Å²) in [5.41, 5.74) is 0.141. The molecule has 0 aromatic heterocycles. The largest absolute Gasteiger partial charge is 0.493 e. The fourth-order valence-electron chi connectivity index (χ4n) is 6.90. The first-order chi connectivity index (χ1) is 21.2. The van der Waals surface area contributed by atoms with Gasteiger partial charge in [-0.3, -0.25) is 14.4 Å². The van der Waals surface area contributed by atoms with Crippen molar-refractivity contribution >= 4 is 17.7 Å². The van der Waals surface area contributed by atoms with Crippen LogP contribution in [0.15, 0.2) is 18.2 Å². The van der Waals surface area contributed by atoms with Crippen LogP contribution >= 0.6 is 0 Å². The lowest BCUT2D eigenvalue weighted by Crippen LogP contribution is -2.53. The van der Waals surface area contributed by atoms with Crippen LogP contribution in [0.2, 0.25) is 0 Å². The predicted octanol–water partition coefficient (Wildman–Crippen LogP) is 4.02. The number of rotatable bonds is 16. The third kappa shape index (κ3) is 9.10. The predicted molar refractivity (Wildman–Crippen MR) is 170 cm³/mol. The maximum absolute atomic E-state index is 13.9. The maximum Gasteiger partial charge on any atom is 0.254 e. The third-order valence-corrected chi connectivity index (χ3v) is 9.44. The number of benzene rings is 1. The number of nitrogens with zero attached hydrogens (tertiary/aromatic N) is 2. The molecule has 1 aromatic rings. The van der Waals surface area contributed by atoms with Crippen LogP contribution in [0.3, 0.4) is 0 Å². The quantitative estimate of drug-likeness (QED) is 0.271. The fourth-order valence-corrected chi connectivity index (χ4v) is 6.90. The molecule has 1 aliphatic heterocycles. The molecule has 0 spiro atoms. The highest BCUT2D eigenvalue weighted by Gasteiger charge is 2.42. The minimum absolute atomic E-state index is 0.00176. The first-order valence-corrected chi connectivity index (χ1v) is 16.6. The van der Waals surface area contributed by atoms with Gasteiger partial charge in [0.15, 0.2) is 11.5 Å². The molecule has 2 N–H and O–H groups in total. The van der Waals surface area contributed by atoms with Crippen LogP contribution in [-0.2, 0) is 14.3 Å². The average Bonchev–Trinajstić information content (AvgIpc) is 3.74. The number of carbonyl (C=O) groups is 3. The van der Waals surface area contributed by atoms with Crippen molar-refractivity contribution in [2.75, 3.05) is 53.6 Å². The molecule has 0 bridgehead atoms. The molecule has 0 unspecified atom stereocenters. The van der Waals surface area contributed by atoms with Gasteiger partial charge in [0, 0.05) is 82.8 Å². The molecule has 44 heavy (non-hydrogen) atoms. The van der Waals surface area contributed by atoms with Crippen molar-refractivity contribution in [1.29, 1.82) is 0 Å². The van der Waals surface area contributed by atoms with E-state index in [1.807, 2.05) is 18.7 Å². The molecule has 1 heterocycles. The normalized spacial score (nSPS) is 21.1. The van der Waals surface area contributed by atoms with Gasteiger partial charge in [-0.05, 0) is 69.6 Å². The van der Waals surface area contributed by atoms with E-state index in [1.54, 1.807) is 39.3 Å². The zero-order chi connectivity index (χ0) is 31.7. The number of hydrogen-bond acceptors (Lipinski definition) is 7. The Morgan fingerprint density at radius 1 is 1.00 bits per heavy atom. The minimum atomic E-state index is -0.423. The van der Waals surface area contributed by atoms with Crippen molar-refractivity contribution in [1.82, 2.24) is 20.4 Å². The smallest absolute Gasteiger partial charge is 0.254 e. The van der Waals surface area contributed by atoms with Crippen molar-refractivity contribution in [3.8, 4) is 11.5 Å². The van der Waals surface area contributed by atoms with E-state index >= 15 is 0 Å². The number of ether oxygens (including phenoxy) is 3. The SMILES string of the molecule is COCCCOc1cc(C(=O)N(C[C@@H]2CNC[C@H]2CN(C(=O)CC2(NC(C)=O)CCCCC2)C2CC2)C(C)C)ccc1OC. The third-order valence-electron chi connectivity index (χ3n) is 9.44. The molecule has 4 rings (SSSR count). The molecule has 246 valence electrons. The molecule has 1 saturated heterocycles. The lowest BCUT2D eigenvalue weighted by atomic mass is 9.78. The molecule has 1 aromatic carbocycles. The second-order valence-electron chi connectivity index (χ2n) is 13.3. The second kappa shape index (κ2) is 15.9. The van der Waals surface area contributed by atoms with Gasteiger partial charge in [-0.25, -0.2) is 0 Å². The standard InChI is InChI=1S/C34H54N4O6/c1-24(2)37(33(41)26-10-13-30(43-5)31(18-26)44-17-9-16-42-4)22-27-20-35-21-28(27)23-38(29-11-12-29)32(40)19-34(36-25(3)39)14-7-6-8-15-34/h10,13,18,24,27-29,35H,6-9,11-12,14-17,19-23H2,1-5H3,(H,36,39)/t27-,28-/m0/s1. The van der Waals surface area contributed by atoms with Crippen molar-refractivity contribution in [3.05, 3.63) is 23.8 Å². The highest BCUT2D eigenvalue weighted by Crippen LogP contribution is 2.36. The van der Waals surface area contributed by atoms with Gasteiger partial charge in [0.2, 0.25) is 11.8 Å². The van der Waals surface area contributed by atoms with E-state index in [2.05, 4.69) is 15.5 Å². The molecular weight excluding hydrogens is 560 g/mol. The van der Waals surface area contributed by atoms with Gasteiger partial charge in [0.25, 0.3) is 5.91 Å². The van der Waals surface area contributed by atoms with Gasteiger partial charge in [-0.2, -0.15) is 0 Å². The van der Waals surface area contributed by atoms with Gasteiger partial charge in [-0.1, -0.05) is 19.3 Å². The van der Waals surface area contributed by atoms with Crippen LogP contribution in [-0.4, -0.2) is 98.8 Å². The molecule has 10 heteroatoms. The van der Waals surface area contributed by atoms with Crippen molar-refractivity contribution in [3.63, 3.8) is 0 Å². The Kier molecular flexibility index (Phi) is 12.3. The molecule has 0 radical (unpaired) electrons. The summed E-state index contributed by atoms with van der Waals surface area (Å²) in [7, 11) is 3.25. The fraction of sp³-hybridized carbons (Fsp3) is 0.735. The van der Waals surface area contributed by atoms with Crippen LogP contribution in [0, 0.1) is 11.8 Å². The molecule has 3 fully saturated rings. The van der Waals surface area contributed by atoms with Crippen molar-refractivity contribution in [2.24, 2.45) is 11.8 Å². The highest BCUT2D eigenvalue weighted by molar-refractivity contribution is 5.95. The minimum Gasteiger partial charge on any atom is -0.493 e. The summed E-state index contributed by atoms with van der Waals surface area (Å²) in [5.74, 6) is 1.66. The van der Waals surface area contributed by atoms with E-state index in [1.165, 1.54) is 0 Å². The van der Waals surface area contributed by atoms with Crippen LogP contribution in [0.5, 0.6) is 11.5 Å². The monoisotopic (exact) mass is 614 g/mol. The zero-order valence-electron chi connectivity index (χ0n) is 27.5. The summed E-state index contributed by atoms with van der Waals surface area (Å²) in [4.78, 5) is 43.9. The number of hydrogen-bond donors (Lipinski definition) is 2. The lowest BCUT2D eigenvalue weighted by Gasteiger charge is -2.39. The van der Waals surface area contributed by atoms with E-state index < -0.39 is 5.54 Å². The number of methoxy groups -OCH3 is 2. The molecule has 3 amide bonds. The molecular formula is C34H54N4O6. The van der Waals surface area contributed by atoms with Gasteiger partial charge in [0.1, 0.15) is 0 Å². The zero-order valence-corrected chi connectivity index (χ0v) is 27.5. The number of amides is 3. The highest BCUT2D eigenvalue weighted by atomic mass is 16.5. The Hall–Kier alpha value is -2.85. The van der Waals surface area contributed by atoms with Gasteiger partial charge in [-0.15, -0.1) is 0 Å². The van der Waals surface area contributed by atoms with E-state index in [0.29, 0.717) is 49.8 Å². The topological polar surface area (TPSA) is 109 Å². The molecule has 10 nitrogen and oxygen atoms in total. The molecule has 3 aliphatic rings. The molecule has 2 atom stereocenters. The van der Waals surface area contributed by atoms with E-state index in [4.69, 9.17) is 14.2 Å². The van der Waals surface area contributed by atoms with Crippen LogP contribution in [0.25, 0.3) is 0 Å². The van der Waals surface area contributed by atoms with Crippen molar-refractivity contribution < 1.29 is 28.6 Å². The number of carbonyl (C=O) groups excluding carboxylic acids is 3.